The first kappa shape index (κ1) is 12.7. The lowest BCUT2D eigenvalue weighted by molar-refractivity contribution is 0.588. The van der Waals surface area contributed by atoms with Crippen molar-refractivity contribution >= 4 is 26.6 Å². The van der Waals surface area contributed by atoms with Gasteiger partial charge in [0.1, 0.15) is 0 Å². The highest BCUT2D eigenvalue weighted by molar-refractivity contribution is 7.90. The van der Waals surface area contributed by atoms with Gasteiger partial charge in [0.2, 0.25) is 0 Å². The highest BCUT2D eigenvalue weighted by Gasteiger charge is 2.20. The molecule has 102 valence electrons. The van der Waals surface area contributed by atoms with Crippen LogP contribution in [-0.4, -0.2) is 12.4 Å². The first-order valence-electron chi connectivity index (χ1n) is 6.18. The van der Waals surface area contributed by atoms with Crippen molar-refractivity contribution in [3.63, 3.8) is 0 Å². The molecule has 0 atom stereocenters. The minimum absolute atomic E-state index is 0.275. The molecule has 3 rings (SSSR count). The smallest absolute Gasteiger partial charge is 0.268 e. The zero-order valence-electron chi connectivity index (χ0n) is 10.9. The Balaban J connectivity index is 2.32. The van der Waals surface area contributed by atoms with Crippen molar-refractivity contribution in [1.82, 2.24) is 3.97 Å². The predicted molar refractivity (Wildman–Crippen MR) is 80.1 cm³/mol. The summed E-state index contributed by atoms with van der Waals surface area (Å²) in [5, 5.41) is 0.821. The lowest BCUT2D eigenvalue weighted by Crippen LogP contribution is -2.14. The minimum Gasteiger partial charge on any atom is -0.399 e. The van der Waals surface area contributed by atoms with Crippen molar-refractivity contribution in [1.29, 1.82) is 0 Å². The summed E-state index contributed by atoms with van der Waals surface area (Å²) in [6.07, 6.45) is 0. The van der Waals surface area contributed by atoms with Crippen LogP contribution < -0.4 is 5.73 Å². The fourth-order valence-electron chi connectivity index (χ4n) is 2.36. The molecule has 2 aromatic carbocycles. The number of aromatic nitrogens is 1. The van der Waals surface area contributed by atoms with Gasteiger partial charge in [-0.2, -0.15) is 0 Å². The van der Waals surface area contributed by atoms with Crippen LogP contribution in [0, 0.1) is 6.92 Å². The van der Waals surface area contributed by atoms with E-state index >= 15 is 0 Å². The number of aryl methyl sites for hydroxylation is 1. The van der Waals surface area contributed by atoms with E-state index in [9.17, 15) is 8.42 Å². The van der Waals surface area contributed by atoms with E-state index in [2.05, 4.69) is 0 Å². The summed E-state index contributed by atoms with van der Waals surface area (Å²) in [6.45, 7) is 1.77. The number of anilines is 1. The number of nitrogen functional groups attached to an aromatic ring is 1. The van der Waals surface area contributed by atoms with Crippen molar-refractivity contribution in [2.45, 2.75) is 11.8 Å². The van der Waals surface area contributed by atoms with E-state index in [-0.39, 0.29) is 4.90 Å². The molecule has 0 bridgehead atoms. The molecule has 2 N–H and O–H groups in total. The maximum atomic E-state index is 12.7. The van der Waals surface area contributed by atoms with Gasteiger partial charge >= 0.3 is 0 Å². The summed E-state index contributed by atoms with van der Waals surface area (Å²) in [5.74, 6) is 0. The van der Waals surface area contributed by atoms with Crippen LogP contribution in [0.5, 0.6) is 0 Å². The predicted octanol–water partition coefficient (Wildman–Crippen LogP) is 2.77. The van der Waals surface area contributed by atoms with Crippen LogP contribution in [-0.2, 0) is 10.0 Å². The monoisotopic (exact) mass is 286 g/mol. The summed E-state index contributed by atoms with van der Waals surface area (Å²) < 4.78 is 26.9. The average Bonchev–Trinajstić information content (AvgIpc) is 2.75. The summed E-state index contributed by atoms with van der Waals surface area (Å²) in [5.41, 5.74) is 7.66. The Morgan fingerprint density at radius 3 is 2.40 bits per heavy atom. The van der Waals surface area contributed by atoms with E-state index in [4.69, 9.17) is 5.73 Å². The fourth-order valence-corrected chi connectivity index (χ4v) is 3.93. The average molecular weight is 286 g/mol. The van der Waals surface area contributed by atoms with E-state index in [1.165, 1.54) is 3.97 Å². The quantitative estimate of drug-likeness (QED) is 0.737. The van der Waals surface area contributed by atoms with Crippen molar-refractivity contribution in [3.8, 4) is 0 Å². The largest absolute Gasteiger partial charge is 0.399 e. The molecule has 4 nitrogen and oxygen atoms in total. The molecule has 5 heteroatoms. The van der Waals surface area contributed by atoms with E-state index in [1.807, 2.05) is 6.07 Å². The number of nitrogens with two attached hydrogens (primary N) is 1. The Labute approximate surface area is 117 Å². The Bertz CT molecular complexity index is 881. The topological polar surface area (TPSA) is 65.1 Å². The van der Waals surface area contributed by atoms with Crippen molar-refractivity contribution in [3.05, 3.63) is 60.3 Å². The van der Waals surface area contributed by atoms with Gasteiger partial charge < -0.3 is 5.73 Å². The fraction of sp³-hybridized carbons (Fsp3) is 0.0667. The standard InChI is InChI=1S/C15H14N2O2S/c1-11-9-12-10-13(16)7-8-15(12)17(11)20(18,19)14-5-3-2-4-6-14/h2-10H,16H2,1H3. The Hall–Kier alpha value is -2.27. The number of fused-ring (bicyclic) bond motifs is 1. The molecule has 1 heterocycles. The van der Waals surface area contributed by atoms with Gasteiger partial charge in [-0.1, -0.05) is 18.2 Å². The molecule has 0 aliphatic rings. The van der Waals surface area contributed by atoms with Crippen LogP contribution in [0.1, 0.15) is 5.69 Å². The molecule has 0 fully saturated rings. The minimum atomic E-state index is -3.59. The van der Waals surface area contributed by atoms with Gasteiger partial charge in [0.25, 0.3) is 10.0 Å². The first-order valence-corrected chi connectivity index (χ1v) is 7.62. The van der Waals surface area contributed by atoms with Crippen LogP contribution in [0.2, 0.25) is 0 Å². The molecule has 0 spiro atoms. The number of hydrogen-bond donors (Lipinski definition) is 1. The highest BCUT2D eigenvalue weighted by Crippen LogP contribution is 2.26. The number of rotatable bonds is 2. The number of nitrogens with zero attached hydrogens (tertiary/aromatic N) is 1. The van der Waals surface area contributed by atoms with Gasteiger partial charge in [0, 0.05) is 16.8 Å². The van der Waals surface area contributed by atoms with Crippen molar-refractivity contribution in [2.24, 2.45) is 0 Å². The zero-order chi connectivity index (χ0) is 14.3. The van der Waals surface area contributed by atoms with Gasteiger partial charge in [0.05, 0.1) is 10.4 Å². The molecule has 0 radical (unpaired) electrons. The second-order valence-electron chi connectivity index (χ2n) is 4.69. The summed E-state index contributed by atoms with van der Waals surface area (Å²) in [6, 6.07) is 15.5. The normalized spacial score (nSPS) is 11.8. The third-order valence-corrected chi connectivity index (χ3v) is 5.07. The molecule has 3 aromatic rings. The second kappa shape index (κ2) is 4.38. The lowest BCUT2D eigenvalue weighted by Gasteiger charge is -2.09. The Morgan fingerprint density at radius 1 is 1.00 bits per heavy atom. The van der Waals surface area contributed by atoms with Gasteiger partial charge in [0.15, 0.2) is 0 Å². The van der Waals surface area contributed by atoms with E-state index < -0.39 is 10.0 Å². The summed E-state index contributed by atoms with van der Waals surface area (Å²) >= 11 is 0. The molecule has 0 aliphatic carbocycles. The molecule has 0 aliphatic heterocycles. The van der Waals surface area contributed by atoms with Crippen LogP contribution >= 0.6 is 0 Å². The molecule has 0 amide bonds. The van der Waals surface area contributed by atoms with E-state index in [0.29, 0.717) is 16.9 Å². The van der Waals surface area contributed by atoms with Gasteiger partial charge in [-0.3, -0.25) is 0 Å². The molecule has 0 unspecified atom stereocenters. The molecular weight excluding hydrogens is 272 g/mol. The van der Waals surface area contributed by atoms with Crippen LogP contribution in [0.25, 0.3) is 10.9 Å². The molecule has 0 saturated heterocycles. The van der Waals surface area contributed by atoms with Crippen molar-refractivity contribution < 1.29 is 8.42 Å². The summed E-state index contributed by atoms with van der Waals surface area (Å²) in [4.78, 5) is 0.275. The number of benzene rings is 2. The maximum Gasteiger partial charge on any atom is 0.268 e. The Morgan fingerprint density at radius 2 is 1.70 bits per heavy atom. The SMILES string of the molecule is Cc1cc2cc(N)ccc2n1S(=O)(=O)c1ccccc1. The van der Waals surface area contributed by atoms with Crippen LogP contribution in [0.4, 0.5) is 5.69 Å². The third kappa shape index (κ3) is 1.87. The Kier molecular flexibility index (Phi) is 2.79. The second-order valence-corrected chi connectivity index (χ2v) is 6.47. The number of hydrogen-bond acceptors (Lipinski definition) is 3. The lowest BCUT2D eigenvalue weighted by atomic mass is 10.2. The van der Waals surface area contributed by atoms with Gasteiger partial charge in [-0.05, 0) is 43.3 Å². The maximum absolute atomic E-state index is 12.7. The molecular formula is C15H14N2O2S. The van der Waals surface area contributed by atoms with Gasteiger partial charge in [-0.25, -0.2) is 12.4 Å². The third-order valence-electron chi connectivity index (χ3n) is 3.24. The zero-order valence-corrected chi connectivity index (χ0v) is 11.8. The van der Waals surface area contributed by atoms with E-state index in [1.54, 1.807) is 55.5 Å². The van der Waals surface area contributed by atoms with Crippen LogP contribution in [0.15, 0.2) is 59.5 Å². The van der Waals surface area contributed by atoms with Crippen LogP contribution in [0.3, 0.4) is 0 Å². The highest BCUT2D eigenvalue weighted by atomic mass is 32.2. The van der Waals surface area contributed by atoms with Gasteiger partial charge in [-0.15, -0.1) is 0 Å². The summed E-state index contributed by atoms with van der Waals surface area (Å²) in [7, 11) is -3.59. The molecule has 1 aromatic heterocycles. The molecule has 0 saturated carbocycles. The molecule has 20 heavy (non-hydrogen) atoms. The van der Waals surface area contributed by atoms with Crippen molar-refractivity contribution in [2.75, 3.05) is 5.73 Å². The van der Waals surface area contributed by atoms with E-state index in [0.717, 1.165) is 5.39 Å². The first-order chi connectivity index (χ1) is 9.50.